The largest absolute Gasteiger partial charge is 0.416 e. The molecule has 0 spiro atoms. The van der Waals surface area contributed by atoms with Crippen LogP contribution < -0.4 is 0 Å². The van der Waals surface area contributed by atoms with Crippen molar-refractivity contribution in [3.8, 4) is 5.69 Å². The van der Waals surface area contributed by atoms with E-state index in [0.29, 0.717) is 11.3 Å². The highest BCUT2D eigenvalue weighted by molar-refractivity contribution is 5.74. The number of halogens is 3. The molecule has 3 rings (SSSR count). The van der Waals surface area contributed by atoms with Crippen LogP contribution in [0.3, 0.4) is 0 Å². The minimum atomic E-state index is -4.34. The second-order valence-corrected chi connectivity index (χ2v) is 5.35. The lowest BCUT2D eigenvalue weighted by atomic mass is 10.1. The minimum absolute atomic E-state index is 0.122. The molecule has 0 radical (unpaired) electrons. The standard InChI is InChI=1S/C16H14F3N3/c1-10(2)14-21-13-4-3-9-20-15(13)22(14)12-7-5-11(6-8-12)16(17,18)19/h3-10H,1-2H3. The van der Waals surface area contributed by atoms with Crippen LogP contribution in [0, 0.1) is 0 Å². The predicted octanol–water partition coefficient (Wildman–Crippen LogP) is 4.56. The Balaban J connectivity index is 2.19. The van der Waals surface area contributed by atoms with Gasteiger partial charge < -0.3 is 0 Å². The highest BCUT2D eigenvalue weighted by Crippen LogP contribution is 2.31. The molecule has 0 unspecified atom stereocenters. The summed E-state index contributed by atoms with van der Waals surface area (Å²) in [6, 6.07) is 8.68. The Morgan fingerprint density at radius 3 is 2.32 bits per heavy atom. The average Bonchev–Trinajstić information content (AvgIpc) is 2.86. The second-order valence-electron chi connectivity index (χ2n) is 5.35. The summed E-state index contributed by atoms with van der Waals surface area (Å²) in [5.74, 6) is 0.893. The summed E-state index contributed by atoms with van der Waals surface area (Å²) in [5, 5.41) is 0. The monoisotopic (exact) mass is 305 g/mol. The zero-order valence-corrected chi connectivity index (χ0v) is 12.1. The molecule has 0 amide bonds. The van der Waals surface area contributed by atoms with Crippen LogP contribution in [0.4, 0.5) is 13.2 Å². The number of fused-ring (bicyclic) bond motifs is 1. The molecule has 2 aromatic heterocycles. The third kappa shape index (κ3) is 2.45. The van der Waals surface area contributed by atoms with Gasteiger partial charge in [0.1, 0.15) is 11.3 Å². The normalized spacial score (nSPS) is 12.3. The zero-order chi connectivity index (χ0) is 15.9. The number of aromatic nitrogens is 3. The van der Waals surface area contributed by atoms with Crippen molar-refractivity contribution in [3.63, 3.8) is 0 Å². The molecular weight excluding hydrogens is 291 g/mol. The van der Waals surface area contributed by atoms with E-state index in [0.717, 1.165) is 23.5 Å². The van der Waals surface area contributed by atoms with Crippen LogP contribution in [0.15, 0.2) is 42.6 Å². The Morgan fingerprint density at radius 2 is 1.73 bits per heavy atom. The Hall–Kier alpha value is -2.37. The van der Waals surface area contributed by atoms with Crippen molar-refractivity contribution in [1.29, 1.82) is 0 Å². The van der Waals surface area contributed by atoms with E-state index in [9.17, 15) is 13.2 Å². The smallest absolute Gasteiger partial charge is 0.281 e. The van der Waals surface area contributed by atoms with E-state index >= 15 is 0 Å². The number of rotatable bonds is 2. The van der Waals surface area contributed by atoms with Crippen LogP contribution in [-0.4, -0.2) is 14.5 Å². The zero-order valence-electron chi connectivity index (χ0n) is 12.1. The molecule has 2 heterocycles. The van der Waals surface area contributed by atoms with Crippen LogP contribution in [0.25, 0.3) is 16.9 Å². The molecule has 0 bridgehead atoms. The molecule has 6 heteroatoms. The lowest BCUT2D eigenvalue weighted by molar-refractivity contribution is -0.137. The van der Waals surface area contributed by atoms with Gasteiger partial charge in [-0.15, -0.1) is 0 Å². The fourth-order valence-electron chi connectivity index (χ4n) is 2.37. The van der Waals surface area contributed by atoms with Gasteiger partial charge in [0.15, 0.2) is 5.65 Å². The van der Waals surface area contributed by atoms with Crippen molar-refractivity contribution in [3.05, 3.63) is 54.0 Å². The average molecular weight is 305 g/mol. The van der Waals surface area contributed by atoms with Gasteiger partial charge >= 0.3 is 6.18 Å². The molecule has 3 aromatic rings. The van der Waals surface area contributed by atoms with Crippen molar-refractivity contribution in [2.75, 3.05) is 0 Å². The van der Waals surface area contributed by atoms with Gasteiger partial charge in [-0.1, -0.05) is 13.8 Å². The van der Waals surface area contributed by atoms with Gasteiger partial charge in [0.2, 0.25) is 0 Å². The van der Waals surface area contributed by atoms with E-state index in [1.807, 2.05) is 19.9 Å². The first-order valence-corrected chi connectivity index (χ1v) is 6.89. The Kier molecular flexibility index (Phi) is 3.39. The summed E-state index contributed by atoms with van der Waals surface area (Å²) < 4.78 is 39.9. The first kappa shape index (κ1) is 14.6. The third-order valence-corrected chi connectivity index (χ3v) is 3.41. The second kappa shape index (κ2) is 5.12. The molecular formula is C16H14F3N3. The molecule has 22 heavy (non-hydrogen) atoms. The summed E-state index contributed by atoms with van der Waals surface area (Å²) >= 11 is 0. The van der Waals surface area contributed by atoms with Gasteiger partial charge in [0.25, 0.3) is 0 Å². The van der Waals surface area contributed by atoms with Crippen LogP contribution >= 0.6 is 0 Å². The first-order valence-electron chi connectivity index (χ1n) is 6.89. The van der Waals surface area contributed by atoms with E-state index in [2.05, 4.69) is 9.97 Å². The molecule has 1 aromatic carbocycles. The number of nitrogens with zero attached hydrogens (tertiary/aromatic N) is 3. The van der Waals surface area contributed by atoms with E-state index in [1.54, 1.807) is 16.8 Å². The maximum atomic E-state index is 12.7. The van der Waals surface area contributed by atoms with Gasteiger partial charge in [-0.25, -0.2) is 9.97 Å². The molecule has 0 aliphatic carbocycles. The first-order chi connectivity index (χ1) is 10.4. The summed E-state index contributed by atoms with van der Waals surface area (Å²) in [6.45, 7) is 3.98. The van der Waals surface area contributed by atoms with Gasteiger partial charge in [0.05, 0.1) is 5.56 Å². The molecule has 0 fully saturated rings. The lowest BCUT2D eigenvalue weighted by Crippen LogP contribution is -2.07. The Labute approximate surface area is 125 Å². The number of alkyl halides is 3. The molecule has 114 valence electrons. The Bertz CT molecular complexity index is 802. The summed E-state index contributed by atoms with van der Waals surface area (Å²) in [5.41, 5.74) is 1.33. The predicted molar refractivity (Wildman–Crippen MR) is 78.0 cm³/mol. The Morgan fingerprint density at radius 1 is 1.05 bits per heavy atom. The highest BCUT2D eigenvalue weighted by atomic mass is 19.4. The van der Waals surface area contributed by atoms with E-state index in [-0.39, 0.29) is 5.92 Å². The molecule has 3 nitrogen and oxygen atoms in total. The van der Waals surface area contributed by atoms with Gasteiger partial charge in [-0.05, 0) is 36.4 Å². The van der Waals surface area contributed by atoms with Crippen molar-refractivity contribution < 1.29 is 13.2 Å². The van der Waals surface area contributed by atoms with Crippen LogP contribution in [0.5, 0.6) is 0 Å². The molecule has 0 N–H and O–H groups in total. The van der Waals surface area contributed by atoms with E-state index < -0.39 is 11.7 Å². The van der Waals surface area contributed by atoms with Gasteiger partial charge in [0, 0.05) is 17.8 Å². The molecule has 0 aliphatic rings. The molecule has 0 atom stereocenters. The fourth-order valence-corrected chi connectivity index (χ4v) is 2.37. The van der Waals surface area contributed by atoms with Crippen LogP contribution in [-0.2, 0) is 6.18 Å². The SMILES string of the molecule is CC(C)c1nc2cccnc2n1-c1ccc(C(F)(F)F)cc1. The van der Waals surface area contributed by atoms with E-state index in [4.69, 9.17) is 0 Å². The fraction of sp³-hybridized carbons (Fsp3) is 0.250. The topological polar surface area (TPSA) is 30.7 Å². The number of benzene rings is 1. The molecule has 0 aliphatic heterocycles. The number of hydrogen-bond donors (Lipinski definition) is 0. The van der Waals surface area contributed by atoms with Crippen molar-refractivity contribution in [1.82, 2.24) is 14.5 Å². The van der Waals surface area contributed by atoms with Crippen LogP contribution in [0.2, 0.25) is 0 Å². The maximum absolute atomic E-state index is 12.7. The summed E-state index contributed by atoms with van der Waals surface area (Å²) in [6.07, 6.45) is -2.69. The maximum Gasteiger partial charge on any atom is 0.416 e. The summed E-state index contributed by atoms with van der Waals surface area (Å²) in [7, 11) is 0. The van der Waals surface area contributed by atoms with Gasteiger partial charge in [-0.2, -0.15) is 13.2 Å². The minimum Gasteiger partial charge on any atom is -0.281 e. The number of imidazole rings is 1. The number of pyridine rings is 1. The third-order valence-electron chi connectivity index (χ3n) is 3.41. The highest BCUT2D eigenvalue weighted by Gasteiger charge is 2.30. The van der Waals surface area contributed by atoms with Crippen molar-refractivity contribution >= 4 is 11.2 Å². The van der Waals surface area contributed by atoms with E-state index in [1.165, 1.54) is 12.1 Å². The lowest BCUT2D eigenvalue weighted by Gasteiger charge is -2.12. The quantitative estimate of drug-likeness (QED) is 0.694. The molecule has 0 saturated carbocycles. The van der Waals surface area contributed by atoms with Crippen LogP contribution in [0.1, 0.15) is 31.2 Å². The van der Waals surface area contributed by atoms with Crippen molar-refractivity contribution in [2.45, 2.75) is 25.9 Å². The summed E-state index contributed by atoms with van der Waals surface area (Å²) in [4.78, 5) is 8.85. The van der Waals surface area contributed by atoms with Crippen molar-refractivity contribution in [2.24, 2.45) is 0 Å². The number of hydrogen-bond acceptors (Lipinski definition) is 2. The van der Waals surface area contributed by atoms with Gasteiger partial charge in [-0.3, -0.25) is 4.57 Å². The molecule has 0 saturated heterocycles.